The van der Waals surface area contributed by atoms with Crippen molar-refractivity contribution in [2.24, 2.45) is 0 Å². The van der Waals surface area contributed by atoms with E-state index in [1.807, 2.05) is 6.92 Å². The fourth-order valence-electron chi connectivity index (χ4n) is 0.414. The van der Waals surface area contributed by atoms with Crippen LogP contribution >= 0.6 is 0 Å². The molecule has 60 valence electrons. The van der Waals surface area contributed by atoms with Gasteiger partial charge in [0.1, 0.15) is 6.79 Å². The molecule has 0 fully saturated rings. The number of unbranched alkanes of at least 4 members (excludes halogenated alkanes) is 1. The number of hydrogen-bond donors (Lipinski definition) is 2. The maximum absolute atomic E-state index is 8.16. The zero-order valence-electron chi connectivity index (χ0n) is 6.12. The fourth-order valence-corrected chi connectivity index (χ4v) is 0.414. The molecular formula is C5H13BO4. The average Bonchev–Trinajstić information content (AvgIpc) is 1.87. The van der Waals surface area contributed by atoms with Crippen LogP contribution in [0.5, 0.6) is 0 Å². The summed E-state index contributed by atoms with van der Waals surface area (Å²) in [6, 6.07) is 0. The van der Waals surface area contributed by atoms with Crippen LogP contribution < -0.4 is 0 Å². The number of rotatable bonds is 6. The summed E-state index contributed by atoms with van der Waals surface area (Å²) in [5.74, 6) is 0. The lowest BCUT2D eigenvalue weighted by Gasteiger charge is -2.02. The number of hydrogen-bond acceptors (Lipinski definition) is 4. The van der Waals surface area contributed by atoms with Gasteiger partial charge in [0.2, 0.25) is 0 Å². The average molecular weight is 148 g/mol. The van der Waals surface area contributed by atoms with E-state index < -0.39 is 7.32 Å². The first-order chi connectivity index (χ1) is 4.77. The van der Waals surface area contributed by atoms with Gasteiger partial charge in [0, 0.05) is 6.61 Å². The summed E-state index contributed by atoms with van der Waals surface area (Å²) in [6.45, 7) is 2.59. The first kappa shape index (κ1) is 9.90. The molecular weight excluding hydrogens is 135 g/mol. The van der Waals surface area contributed by atoms with Gasteiger partial charge in [0.25, 0.3) is 0 Å². The van der Waals surface area contributed by atoms with Crippen molar-refractivity contribution in [1.29, 1.82) is 0 Å². The molecule has 0 amide bonds. The summed E-state index contributed by atoms with van der Waals surface area (Å²) in [7, 11) is -1.72. The Morgan fingerprint density at radius 1 is 1.40 bits per heavy atom. The fraction of sp³-hybridized carbons (Fsp3) is 1.00. The van der Waals surface area contributed by atoms with E-state index in [9.17, 15) is 0 Å². The summed E-state index contributed by atoms with van der Waals surface area (Å²) in [5.41, 5.74) is 0. The standard InChI is InChI=1S/C5H13BO4/c1-2-3-4-9-5-10-6(7)8/h7-8H,2-5H2,1H3. The van der Waals surface area contributed by atoms with Crippen LogP contribution in [0.15, 0.2) is 0 Å². The zero-order chi connectivity index (χ0) is 7.82. The maximum atomic E-state index is 8.16. The Morgan fingerprint density at radius 2 is 2.10 bits per heavy atom. The van der Waals surface area contributed by atoms with Crippen molar-refractivity contribution < 1.29 is 19.4 Å². The summed E-state index contributed by atoms with van der Waals surface area (Å²) < 4.78 is 9.12. The molecule has 0 aromatic rings. The van der Waals surface area contributed by atoms with E-state index in [0.717, 1.165) is 12.8 Å². The van der Waals surface area contributed by atoms with Crippen LogP contribution in [0.25, 0.3) is 0 Å². The van der Waals surface area contributed by atoms with Gasteiger partial charge in [0.15, 0.2) is 0 Å². The summed E-state index contributed by atoms with van der Waals surface area (Å²) in [5, 5.41) is 16.3. The molecule has 0 rings (SSSR count). The molecule has 10 heavy (non-hydrogen) atoms. The van der Waals surface area contributed by atoms with Crippen LogP contribution in [-0.2, 0) is 9.39 Å². The van der Waals surface area contributed by atoms with Gasteiger partial charge in [-0.2, -0.15) is 0 Å². The Hall–Kier alpha value is -0.0951. The van der Waals surface area contributed by atoms with Gasteiger partial charge in [-0.3, -0.25) is 0 Å². The van der Waals surface area contributed by atoms with Crippen LogP contribution in [-0.4, -0.2) is 30.8 Å². The summed E-state index contributed by atoms with van der Waals surface area (Å²) in [4.78, 5) is 0. The third kappa shape index (κ3) is 7.90. The highest BCUT2D eigenvalue weighted by atomic mass is 16.7. The van der Waals surface area contributed by atoms with Crippen molar-refractivity contribution >= 4 is 7.32 Å². The van der Waals surface area contributed by atoms with Crippen molar-refractivity contribution in [2.75, 3.05) is 13.4 Å². The summed E-state index contributed by atoms with van der Waals surface area (Å²) in [6.07, 6.45) is 2.02. The lowest BCUT2D eigenvalue weighted by atomic mass is 10.3. The van der Waals surface area contributed by atoms with Crippen molar-refractivity contribution in [3.05, 3.63) is 0 Å². The highest BCUT2D eigenvalue weighted by Crippen LogP contribution is 1.87. The monoisotopic (exact) mass is 148 g/mol. The lowest BCUT2D eigenvalue weighted by molar-refractivity contribution is -0.0116. The zero-order valence-corrected chi connectivity index (χ0v) is 6.12. The molecule has 0 atom stereocenters. The SMILES string of the molecule is CCCCOCOB(O)O. The molecule has 0 saturated carbocycles. The molecule has 0 heterocycles. The first-order valence-electron chi connectivity index (χ1n) is 3.33. The molecule has 0 aliphatic rings. The molecule has 0 saturated heterocycles. The third-order valence-corrected chi connectivity index (χ3v) is 0.943. The van der Waals surface area contributed by atoms with Crippen molar-refractivity contribution in [2.45, 2.75) is 19.8 Å². The second-order valence-corrected chi connectivity index (χ2v) is 1.87. The molecule has 5 heteroatoms. The Labute approximate surface area is 60.9 Å². The Kier molecular flexibility index (Phi) is 6.95. The molecule has 0 unspecified atom stereocenters. The summed E-state index contributed by atoms with van der Waals surface area (Å²) >= 11 is 0. The largest absolute Gasteiger partial charge is 0.635 e. The smallest absolute Gasteiger partial charge is 0.402 e. The van der Waals surface area contributed by atoms with Crippen LogP contribution in [0.4, 0.5) is 0 Å². The minimum absolute atomic E-state index is 0.0579. The van der Waals surface area contributed by atoms with Crippen molar-refractivity contribution in [3.8, 4) is 0 Å². The van der Waals surface area contributed by atoms with E-state index in [-0.39, 0.29) is 6.79 Å². The molecule has 0 aliphatic carbocycles. The van der Waals surface area contributed by atoms with E-state index in [2.05, 4.69) is 4.65 Å². The van der Waals surface area contributed by atoms with Crippen molar-refractivity contribution in [1.82, 2.24) is 0 Å². The van der Waals surface area contributed by atoms with E-state index >= 15 is 0 Å². The highest BCUT2D eigenvalue weighted by molar-refractivity contribution is 6.32. The predicted molar refractivity (Wildman–Crippen MR) is 37.0 cm³/mol. The second-order valence-electron chi connectivity index (χ2n) is 1.87. The van der Waals surface area contributed by atoms with E-state index in [0.29, 0.717) is 6.61 Å². The minimum Gasteiger partial charge on any atom is -0.402 e. The van der Waals surface area contributed by atoms with Crippen LogP contribution in [0.2, 0.25) is 0 Å². The van der Waals surface area contributed by atoms with E-state index in [1.54, 1.807) is 0 Å². The molecule has 4 nitrogen and oxygen atoms in total. The van der Waals surface area contributed by atoms with E-state index in [1.165, 1.54) is 0 Å². The molecule has 0 radical (unpaired) electrons. The highest BCUT2D eigenvalue weighted by Gasteiger charge is 2.06. The van der Waals surface area contributed by atoms with Gasteiger partial charge >= 0.3 is 7.32 Å². The number of ether oxygens (including phenoxy) is 1. The Balaban J connectivity index is 2.77. The third-order valence-electron chi connectivity index (χ3n) is 0.943. The van der Waals surface area contributed by atoms with Crippen LogP contribution in [0.3, 0.4) is 0 Å². The Bertz CT molecular complexity index is 68.7. The molecule has 0 bridgehead atoms. The minimum atomic E-state index is -1.72. The molecule has 2 N–H and O–H groups in total. The molecule has 0 aromatic carbocycles. The van der Waals surface area contributed by atoms with Crippen molar-refractivity contribution in [3.63, 3.8) is 0 Å². The normalized spacial score (nSPS) is 9.90. The van der Waals surface area contributed by atoms with Crippen LogP contribution in [0.1, 0.15) is 19.8 Å². The predicted octanol–water partition coefficient (Wildman–Crippen LogP) is -0.253. The van der Waals surface area contributed by atoms with Gasteiger partial charge in [-0.05, 0) is 6.42 Å². The topological polar surface area (TPSA) is 58.9 Å². The van der Waals surface area contributed by atoms with E-state index in [4.69, 9.17) is 14.8 Å². The van der Waals surface area contributed by atoms with Gasteiger partial charge < -0.3 is 19.4 Å². The van der Waals surface area contributed by atoms with Gasteiger partial charge in [-0.25, -0.2) is 0 Å². The second kappa shape index (κ2) is 7.02. The maximum Gasteiger partial charge on any atom is 0.635 e. The lowest BCUT2D eigenvalue weighted by Crippen LogP contribution is -2.18. The van der Waals surface area contributed by atoms with Gasteiger partial charge in [-0.1, -0.05) is 13.3 Å². The molecule has 0 aromatic heterocycles. The molecule has 0 spiro atoms. The first-order valence-corrected chi connectivity index (χ1v) is 3.33. The van der Waals surface area contributed by atoms with Gasteiger partial charge in [0.05, 0.1) is 0 Å². The Morgan fingerprint density at radius 3 is 2.60 bits per heavy atom. The van der Waals surface area contributed by atoms with Crippen LogP contribution in [0, 0.1) is 0 Å². The quantitative estimate of drug-likeness (QED) is 0.309. The molecule has 0 aliphatic heterocycles. The van der Waals surface area contributed by atoms with Gasteiger partial charge in [-0.15, -0.1) is 0 Å².